The summed E-state index contributed by atoms with van der Waals surface area (Å²) in [5, 5.41) is 0. The fraction of sp³-hybridized carbons (Fsp3) is 0.154. The zero-order valence-corrected chi connectivity index (χ0v) is 10.9. The van der Waals surface area contributed by atoms with Crippen molar-refractivity contribution in [1.29, 1.82) is 0 Å². The van der Waals surface area contributed by atoms with Crippen molar-refractivity contribution in [2.75, 3.05) is 0 Å². The predicted molar refractivity (Wildman–Crippen MR) is 70.6 cm³/mol. The summed E-state index contributed by atoms with van der Waals surface area (Å²) in [6, 6.07) is 11.6. The van der Waals surface area contributed by atoms with Gasteiger partial charge in [-0.1, -0.05) is 18.2 Å². The van der Waals surface area contributed by atoms with E-state index in [1.807, 2.05) is 36.4 Å². The second-order valence-electron chi connectivity index (χ2n) is 3.58. The number of nitrogens with zero attached hydrogens (tertiary/aromatic N) is 1. The Morgan fingerprint density at radius 1 is 1.18 bits per heavy atom. The van der Waals surface area contributed by atoms with Gasteiger partial charge in [0.15, 0.2) is 0 Å². The van der Waals surface area contributed by atoms with Crippen molar-refractivity contribution in [1.82, 2.24) is 4.98 Å². The molecule has 0 amide bonds. The summed E-state index contributed by atoms with van der Waals surface area (Å²) in [6.07, 6.45) is 1.78. The lowest BCUT2D eigenvalue weighted by Crippen LogP contribution is -2.01. The molecule has 3 nitrogen and oxygen atoms in total. The topological polar surface area (TPSA) is 48.1 Å². The second-order valence-corrected chi connectivity index (χ2v) is 4.44. The first-order valence-electron chi connectivity index (χ1n) is 5.31. The SMILES string of the molecule is NCc1ccc(COc2ccccc2Br)nc1. The highest BCUT2D eigenvalue weighted by molar-refractivity contribution is 9.10. The first kappa shape index (κ1) is 12.1. The number of pyridine rings is 1. The summed E-state index contributed by atoms with van der Waals surface area (Å²) in [5.41, 5.74) is 7.42. The molecule has 0 unspecified atom stereocenters. The number of hydrogen-bond acceptors (Lipinski definition) is 3. The van der Waals surface area contributed by atoms with E-state index in [4.69, 9.17) is 10.5 Å². The number of benzene rings is 1. The first-order valence-corrected chi connectivity index (χ1v) is 6.10. The molecule has 0 radical (unpaired) electrons. The fourth-order valence-corrected chi connectivity index (χ4v) is 1.77. The molecule has 0 aliphatic rings. The highest BCUT2D eigenvalue weighted by Crippen LogP contribution is 2.24. The molecule has 0 aliphatic heterocycles. The van der Waals surface area contributed by atoms with E-state index in [1.165, 1.54) is 0 Å². The smallest absolute Gasteiger partial charge is 0.134 e. The monoisotopic (exact) mass is 292 g/mol. The molecule has 4 heteroatoms. The molecule has 17 heavy (non-hydrogen) atoms. The van der Waals surface area contributed by atoms with Crippen LogP contribution < -0.4 is 10.5 Å². The number of nitrogens with two attached hydrogens (primary N) is 1. The molecule has 0 aliphatic carbocycles. The number of para-hydroxylation sites is 1. The lowest BCUT2D eigenvalue weighted by molar-refractivity contribution is 0.299. The van der Waals surface area contributed by atoms with Gasteiger partial charge in [-0.25, -0.2) is 0 Å². The third-order valence-electron chi connectivity index (χ3n) is 2.33. The number of halogens is 1. The molecule has 1 aromatic heterocycles. The maximum atomic E-state index is 5.66. The molecule has 2 rings (SSSR count). The molecule has 2 aromatic rings. The zero-order chi connectivity index (χ0) is 12.1. The molecule has 1 heterocycles. The van der Waals surface area contributed by atoms with Crippen molar-refractivity contribution in [2.45, 2.75) is 13.2 Å². The maximum absolute atomic E-state index is 5.66. The van der Waals surface area contributed by atoms with Crippen LogP contribution in [-0.4, -0.2) is 4.98 Å². The van der Waals surface area contributed by atoms with Gasteiger partial charge >= 0.3 is 0 Å². The summed E-state index contributed by atoms with van der Waals surface area (Å²) in [6.45, 7) is 0.964. The van der Waals surface area contributed by atoms with E-state index < -0.39 is 0 Å². The molecule has 0 saturated heterocycles. The van der Waals surface area contributed by atoms with E-state index in [0.717, 1.165) is 21.5 Å². The van der Waals surface area contributed by atoms with Gasteiger partial charge in [0.1, 0.15) is 12.4 Å². The van der Waals surface area contributed by atoms with Crippen LogP contribution in [0, 0.1) is 0 Å². The van der Waals surface area contributed by atoms with Crippen LogP contribution in [0.2, 0.25) is 0 Å². The van der Waals surface area contributed by atoms with Gasteiger partial charge in [0.2, 0.25) is 0 Å². The van der Waals surface area contributed by atoms with Gasteiger partial charge in [0.25, 0.3) is 0 Å². The largest absolute Gasteiger partial charge is 0.486 e. The quantitative estimate of drug-likeness (QED) is 0.943. The zero-order valence-electron chi connectivity index (χ0n) is 9.27. The van der Waals surface area contributed by atoms with E-state index >= 15 is 0 Å². The highest BCUT2D eigenvalue weighted by atomic mass is 79.9. The number of aromatic nitrogens is 1. The molecule has 0 saturated carbocycles. The highest BCUT2D eigenvalue weighted by Gasteiger charge is 2.00. The summed E-state index contributed by atoms with van der Waals surface area (Å²) in [4.78, 5) is 4.27. The van der Waals surface area contributed by atoms with Crippen LogP contribution in [0.5, 0.6) is 5.75 Å². The Bertz CT molecular complexity index is 485. The first-order chi connectivity index (χ1) is 8.29. The molecule has 1 aromatic carbocycles. The normalized spacial score (nSPS) is 10.2. The Balaban J connectivity index is 2.00. The number of rotatable bonds is 4. The molecule has 0 bridgehead atoms. The molecule has 0 atom stereocenters. The lowest BCUT2D eigenvalue weighted by atomic mass is 10.2. The summed E-state index contributed by atoms with van der Waals surface area (Å²) in [5.74, 6) is 0.817. The van der Waals surface area contributed by atoms with Crippen molar-refractivity contribution >= 4 is 15.9 Å². The molecule has 88 valence electrons. The van der Waals surface area contributed by atoms with Crippen LogP contribution in [0.15, 0.2) is 47.1 Å². The molecular formula is C13H13BrN2O. The maximum Gasteiger partial charge on any atom is 0.134 e. The predicted octanol–water partition coefficient (Wildman–Crippen LogP) is 2.88. The van der Waals surface area contributed by atoms with Crippen LogP contribution in [0.3, 0.4) is 0 Å². The Morgan fingerprint density at radius 2 is 2.00 bits per heavy atom. The van der Waals surface area contributed by atoms with Crippen LogP contribution in [0.25, 0.3) is 0 Å². The summed E-state index contributed by atoms with van der Waals surface area (Å²) >= 11 is 3.43. The van der Waals surface area contributed by atoms with Crippen molar-refractivity contribution in [3.05, 3.63) is 58.3 Å². The van der Waals surface area contributed by atoms with Gasteiger partial charge in [-0.2, -0.15) is 0 Å². The van der Waals surface area contributed by atoms with Gasteiger partial charge in [0.05, 0.1) is 10.2 Å². The van der Waals surface area contributed by atoms with Crippen LogP contribution in [0.1, 0.15) is 11.3 Å². The third-order valence-corrected chi connectivity index (χ3v) is 2.99. The van der Waals surface area contributed by atoms with Gasteiger partial charge in [-0.3, -0.25) is 4.98 Å². The van der Waals surface area contributed by atoms with Gasteiger partial charge in [-0.05, 0) is 39.7 Å². The van der Waals surface area contributed by atoms with E-state index in [9.17, 15) is 0 Å². The Labute approximate surface area is 109 Å². The molecule has 0 spiro atoms. The summed E-state index contributed by atoms with van der Waals surface area (Å²) < 4.78 is 6.60. The Hall–Kier alpha value is -1.39. The lowest BCUT2D eigenvalue weighted by Gasteiger charge is -2.07. The van der Waals surface area contributed by atoms with Crippen LogP contribution in [-0.2, 0) is 13.2 Å². The molecular weight excluding hydrogens is 280 g/mol. The van der Waals surface area contributed by atoms with Crippen molar-refractivity contribution in [3.8, 4) is 5.75 Å². The van der Waals surface area contributed by atoms with E-state index in [1.54, 1.807) is 6.20 Å². The average Bonchev–Trinajstić information content (AvgIpc) is 2.38. The van der Waals surface area contributed by atoms with Crippen molar-refractivity contribution in [2.24, 2.45) is 5.73 Å². The Morgan fingerprint density at radius 3 is 2.65 bits per heavy atom. The molecule has 0 fully saturated rings. The number of hydrogen-bond donors (Lipinski definition) is 1. The third kappa shape index (κ3) is 3.28. The van der Waals surface area contributed by atoms with Crippen molar-refractivity contribution in [3.63, 3.8) is 0 Å². The standard InChI is InChI=1S/C13H13BrN2O/c14-12-3-1-2-4-13(12)17-9-11-6-5-10(7-15)8-16-11/h1-6,8H,7,9,15H2. The van der Waals surface area contributed by atoms with Gasteiger partial charge in [-0.15, -0.1) is 0 Å². The van der Waals surface area contributed by atoms with Gasteiger partial charge < -0.3 is 10.5 Å². The minimum Gasteiger partial charge on any atom is -0.486 e. The second kappa shape index (κ2) is 5.80. The minimum atomic E-state index is 0.452. The fourth-order valence-electron chi connectivity index (χ4n) is 1.37. The van der Waals surface area contributed by atoms with Gasteiger partial charge in [0, 0.05) is 12.7 Å². The molecule has 2 N–H and O–H groups in total. The van der Waals surface area contributed by atoms with E-state index in [-0.39, 0.29) is 0 Å². The number of ether oxygens (including phenoxy) is 1. The van der Waals surface area contributed by atoms with Crippen LogP contribution in [0.4, 0.5) is 0 Å². The van der Waals surface area contributed by atoms with Crippen LogP contribution >= 0.6 is 15.9 Å². The minimum absolute atomic E-state index is 0.452. The van der Waals surface area contributed by atoms with E-state index in [0.29, 0.717) is 13.2 Å². The van der Waals surface area contributed by atoms with Crippen molar-refractivity contribution < 1.29 is 4.74 Å². The summed E-state index contributed by atoms with van der Waals surface area (Å²) in [7, 11) is 0. The van der Waals surface area contributed by atoms with E-state index in [2.05, 4.69) is 20.9 Å². The average molecular weight is 293 g/mol. The Kier molecular flexibility index (Phi) is 4.12.